The molecule has 2 rings (SSSR count). The molecule has 2 atom stereocenters. The van der Waals surface area contributed by atoms with Gasteiger partial charge in [-0.15, -0.1) is 13.2 Å². The second-order valence-electron chi connectivity index (χ2n) is 4.47. The predicted octanol–water partition coefficient (Wildman–Crippen LogP) is 2.36. The number of ether oxygens (including phenoxy) is 1. The van der Waals surface area contributed by atoms with Crippen LogP contribution in [0.3, 0.4) is 0 Å². The van der Waals surface area contributed by atoms with Crippen LogP contribution in [0.4, 0.5) is 13.2 Å². The minimum Gasteiger partial charge on any atom is -0.406 e. The summed E-state index contributed by atoms with van der Waals surface area (Å²) in [6.07, 6.45) is -3.62. The van der Waals surface area contributed by atoms with Gasteiger partial charge >= 0.3 is 6.36 Å². The average Bonchev–Trinajstić information content (AvgIpc) is 3.09. The molecule has 6 heteroatoms. The van der Waals surface area contributed by atoms with Crippen LogP contribution in [0.15, 0.2) is 24.3 Å². The minimum absolute atomic E-state index is 0.159. The number of hydrogen-bond donors (Lipinski definition) is 2. The molecular weight excluding hydrogens is 247 g/mol. The summed E-state index contributed by atoms with van der Waals surface area (Å²) in [5, 5.41) is 9.85. The van der Waals surface area contributed by atoms with Gasteiger partial charge in [0.05, 0.1) is 12.1 Å². The Bertz CT molecular complexity index is 418. The third kappa shape index (κ3) is 3.36. The second kappa shape index (κ2) is 4.78. The number of rotatable bonds is 4. The second-order valence-corrected chi connectivity index (χ2v) is 4.47. The molecule has 0 aromatic heterocycles. The molecule has 3 nitrogen and oxygen atoms in total. The van der Waals surface area contributed by atoms with Gasteiger partial charge in [-0.05, 0) is 36.5 Å². The zero-order valence-corrected chi connectivity index (χ0v) is 9.52. The molecule has 1 saturated carbocycles. The van der Waals surface area contributed by atoms with Crippen molar-refractivity contribution in [3.05, 3.63) is 29.8 Å². The Balaban J connectivity index is 2.10. The number of benzene rings is 1. The van der Waals surface area contributed by atoms with Gasteiger partial charge in [0, 0.05) is 0 Å². The molecule has 0 saturated heterocycles. The van der Waals surface area contributed by atoms with E-state index in [-0.39, 0.29) is 11.7 Å². The number of aliphatic hydroxyl groups excluding tert-OH is 1. The third-order valence-corrected chi connectivity index (χ3v) is 2.95. The molecule has 1 aliphatic carbocycles. The van der Waals surface area contributed by atoms with E-state index in [2.05, 4.69) is 4.74 Å². The molecule has 3 N–H and O–H groups in total. The predicted molar refractivity (Wildman–Crippen MR) is 58.8 cm³/mol. The fraction of sp³-hybridized carbons (Fsp3) is 0.500. The summed E-state index contributed by atoms with van der Waals surface area (Å²) < 4.78 is 40.0. The van der Waals surface area contributed by atoms with Crippen LogP contribution in [0, 0.1) is 5.92 Å². The van der Waals surface area contributed by atoms with E-state index in [4.69, 9.17) is 5.73 Å². The van der Waals surface area contributed by atoms with Crippen LogP contribution >= 0.6 is 0 Å². The first-order chi connectivity index (χ1) is 8.37. The van der Waals surface area contributed by atoms with Crippen LogP contribution in [0.5, 0.6) is 5.75 Å². The molecule has 0 spiro atoms. The number of halogens is 3. The van der Waals surface area contributed by atoms with Crippen molar-refractivity contribution >= 4 is 0 Å². The smallest absolute Gasteiger partial charge is 0.406 e. The van der Waals surface area contributed by atoms with Crippen LogP contribution in [0.1, 0.15) is 24.4 Å². The normalized spacial score (nSPS) is 19.4. The van der Waals surface area contributed by atoms with E-state index in [0.717, 1.165) is 12.8 Å². The average molecular weight is 261 g/mol. The molecule has 1 fully saturated rings. The first-order valence-corrected chi connectivity index (χ1v) is 5.66. The zero-order chi connectivity index (χ0) is 13.3. The topological polar surface area (TPSA) is 55.5 Å². The summed E-state index contributed by atoms with van der Waals surface area (Å²) >= 11 is 0. The highest BCUT2D eigenvalue weighted by Crippen LogP contribution is 2.37. The van der Waals surface area contributed by atoms with Crippen molar-refractivity contribution in [2.45, 2.75) is 31.3 Å². The lowest BCUT2D eigenvalue weighted by Gasteiger charge is -2.19. The molecule has 100 valence electrons. The van der Waals surface area contributed by atoms with Gasteiger partial charge in [-0.2, -0.15) is 0 Å². The van der Waals surface area contributed by atoms with E-state index in [1.807, 2.05) is 0 Å². The monoisotopic (exact) mass is 261 g/mol. The Hall–Kier alpha value is -1.27. The summed E-state index contributed by atoms with van der Waals surface area (Å²) in [5.41, 5.74) is 6.27. The Morgan fingerprint density at radius 1 is 1.33 bits per heavy atom. The van der Waals surface area contributed by atoms with Gasteiger partial charge in [0.15, 0.2) is 0 Å². The Morgan fingerprint density at radius 3 is 2.56 bits per heavy atom. The number of hydrogen-bond acceptors (Lipinski definition) is 3. The summed E-state index contributed by atoms with van der Waals surface area (Å²) in [6.45, 7) is 0. The van der Waals surface area contributed by atoms with E-state index in [0.29, 0.717) is 5.56 Å². The number of aliphatic hydroxyl groups is 1. The fourth-order valence-electron chi connectivity index (χ4n) is 1.85. The van der Waals surface area contributed by atoms with Crippen LogP contribution < -0.4 is 10.5 Å². The standard InChI is InChI=1S/C12H14F3NO2/c13-12(14,15)18-9-3-1-2-8(6-9)10(16)11(17)7-4-5-7/h1-3,6-7,10-11,17H,4-5,16H2/t10-,11+/m1/s1. The van der Waals surface area contributed by atoms with Crippen molar-refractivity contribution in [3.63, 3.8) is 0 Å². The van der Waals surface area contributed by atoms with Gasteiger partial charge < -0.3 is 15.6 Å². The molecule has 0 unspecified atom stereocenters. The Labute approximate surface area is 102 Å². The van der Waals surface area contributed by atoms with Crippen molar-refractivity contribution in [1.82, 2.24) is 0 Å². The van der Waals surface area contributed by atoms with Crippen molar-refractivity contribution in [2.75, 3.05) is 0 Å². The van der Waals surface area contributed by atoms with Gasteiger partial charge in [0.2, 0.25) is 0 Å². The highest BCUT2D eigenvalue weighted by atomic mass is 19.4. The van der Waals surface area contributed by atoms with Crippen molar-refractivity contribution < 1.29 is 23.0 Å². The van der Waals surface area contributed by atoms with Gasteiger partial charge in [-0.3, -0.25) is 0 Å². The Kier molecular flexibility index (Phi) is 3.49. The lowest BCUT2D eigenvalue weighted by Crippen LogP contribution is -2.28. The van der Waals surface area contributed by atoms with Crippen molar-refractivity contribution in [3.8, 4) is 5.75 Å². The largest absolute Gasteiger partial charge is 0.573 e. The molecule has 18 heavy (non-hydrogen) atoms. The molecular formula is C12H14F3NO2. The minimum atomic E-state index is -4.72. The molecule has 0 aliphatic heterocycles. The quantitative estimate of drug-likeness (QED) is 0.874. The molecule has 1 aliphatic rings. The maximum Gasteiger partial charge on any atom is 0.573 e. The molecule has 0 amide bonds. The van der Waals surface area contributed by atoms with Gasteiger partial charge in [0.1, 0.15) is 5.75 Å². The van der Waals surface area contributed by atoms with Gasteiger partial charge in [0.25, 0.3) is 0 Å². The zero-order valence-electron chi connectivity index (χ0n) is 9.52. The van der Waals surface area contributed by atoms with Crippen molar-refractivity contribution in [2.24, 2.45) is 11.7 Å². The number of alkyl halides is 3. The summed E-state index contributed by atoms with van der Waals surface area (Å²) in [7, 11) is 0. The van der Waals surface area contributed by atoms with E-state index >= 15 is 0 Å². The molecule has 1 aromatic carbocycles. The lowest BCUT2D eigenvalue weighted by atomic mass is 9.99. The van der Waals surface area contributed by atoms with E-state index < -0.39 is 18.5 Å². The lowest BCUT2D eigenvalue weighted by molar-refractivity contribution is -0.274. The van der Waals surface area contributed by atoms with Crippen LogP contribution in [-0.4, -0.2) is 17.6 Å². The van der Waals surface area contributed by atoms with E-state index in [9.17, 15) is 18.3 Å². The maximum atomic E-state index is 12.1. The van der Waals surface area contributed by atoms with Gasteiger partial charge in [-0.1, -0.05) is 12.1 Å². The summed E-state index contributed by atoms with van der Waals surface area (Å²) in [6, 6.07) is 4.74. The first kappa shape index (κ1) is 13.2. The Morgan fingerprint density at radius 2 is 2.00 bits per heavy atom. The molecule has 1 aromatic rings. The highest BCUT2D eigenvalue weighted by Gasteiger charge is 2.35. The third-order valence-electron chi connectivity index (χ3n) is 2.95. The van der Waals surface area contributed by atoms with E-state index in [1.165, 1.54) is 18.2 Å². The fourth-order valence-corrected chi connectivity index (χ4v) is 1.85. The van der Waals surface area contributed by atoms with Crippen molar-refractivity contribution in [1.29, 1.82) is 0 Å². The molecule has 0 heterocycles. The summed E-state index contributed by atoms with van der Waals surface area (Å²) in [5.74, 6) is -0.161. The first-order valence-electron chi connectivity index (χ1n) is 5.66. The van der Waals surface area contributed by atoms with Crippen LogP contribution in [0.25, 0.3) is 0 Å². The van der Waals surface area contributed by atoms with Crippen LogP contribution in [-0.2, 0) is 0 Å². The maximum absolute atomic E-state index is 12.1. The molecule has 0 radical (unpaired) electrons. The van der Waals surface area contributed by atoms with Gasteiger partial charge in [-0.25, -0.2) is 0 Å². The number of nitrogens with two attached hydrogens (primary N) is 1. The highest BCUT2D eigenvalue weighted by molar-refractivity contribution is 5.31. The molecule has 0 bridgehead atoms. The SMILES string of the molecule is N[C@H](c1cccc(OC(F)(F)F)c1)[C@@H](O)C1CC1. The summed E-state index contributed by atoms with van der Waals surface area (Å²) in [4.78, 5) is 0. The van der Waals surface area contributed by atoms with Crippen LogP contribution in [0.2, 0.25) is 0 Å². The van der Waals surface area contributed by atoms with E-state index in [1.54, 1.807) is 6.07 Å².